The van der Waals surface area contributed by atoms with Crippen LogP contribution in [-0.4, -0.2) is 88.6 Å². The Morgan fingerprint density at radius 3 is 0.243 bits per heavy atom. The van der Waals surface area contributed by atoms with Gasteiger partial charge in [0.05, 0.1) is 0 Å². The number of carboxylic acids is 8. The Balaban J connectivity index is -0.000000415. The van der Waals surface area contributed by atoms with E-state index in [0.29, 0.717) is 25.7 Å². The molecule has 0 unspecified atom stereocenters. The van der Waals surface area contributed by atoms with E-state index in [2.05, 4.69) is 0 Å². The van der Waals surface area contributed by atoms with Crippen LogP contribution in [0.15, 0.2) is 0 Å². The smallest absolute Gasteiger partial charge is 0.303 e. The summed E-state index contributed by atoms with van der Waals surface area (Å²) in [5.74, 6) is -5.61. The molecule has 0 saturated heterocycles. The van der Waals surface area contributed by atoms with Crippen LogP contribution in [0.25, 0.3) is 0 Å². The first-order valence-electron chi connectivity index (χ1n) is 27.3. The summed E-state index contributed by atoms with van der Waals surface area (Å²) in [6, 6.07) is 0. The lowest BCUT2D eigenvalue weighted by Crippen LogP contribution is -1.94. The molecule has 0 aliphatic carbocycles. The zero-order valence-corrected chi connectivity index (χ0v) is 43.4. The molecular weight excluding hydrogens is 905 g/mol. The van der Waals surface area contributed by atoms with Crippen LogP contribution in [0, 0.1) is 0 Å². The Bertz CT molecular complexity index is 1070. The standard InChI is InChI=1S/2C14H26O4.2C13H24O4/c2*15-13(16)11-9-7-5-3-1-2-4-6-8-10-12-14(17)18;2*14-12(15)10-8-6-4-2-1-3-5-7-9-11-13(16)17/h2*1-12H2,(H,15,16)(H,17,18);2*1-11H2,(H,14,15)(H,16,17). The Labute approximate surface area is 421 Å². The maximum atomic E-state index is 10.3. The molecule has 412 valence electrons. The van der Waals surface area contributed by atoms with Crippen LogP contribution in [0.3, 0.4) is 0 Å². The van der Waals surface area contributed by atoms with Crippen LogP contribution >= 0.6 is 0 Å². The van der Waals surface area contributed by atoms with Gasteiger partial charge in [-0.25, -0.2) is 0 Å². The van der Waals surface area contributed by atoms with E-state index in [1.807, 2.05) is 0 Å². The summed E-state index contributed by atoms with van der Waals surface area (Å²) < 4.78 is 0. The van der Waals surface area contributed by atoms with E-state index < -0.39 is 47.8 Å². The van der Waals surface area contributed by atoms with Gasteiger partial charge in [-0.2, -0.15) is 0 Å². The van der Waals surface area contributed by atoms with Gasteiger partial charge in [0.25, 0.3) is 0 Å². The number of hydrogen-bond acceptors (Lipinski definition) is 8. The van der Waals surface area contributed by atoms with Gasteiger partial charge in [-0.3, -0.25) is 38.4 Å². The molecule has 0 fully saturated rings. The summed E-state index contributed by atoms with van der Waals surface area (Å²) in [5.41, 5.74) is 0. The Hall–Kier alpha value is -4.24. The highest BCUT2D eigenvalue weighted by Gasteiger charge is 2.02. The third-order valence-electron chi connectivity index (χ3n) is 11.6. The first-order chi connectivity index (χ1) is 33.5. The van der Waals surface area contributed by atoms with E-state index in [1.54, 1.807) is 0 Å². The van der Waals surface area contributed by atoms with Gasteiger partial charge >= 0.3 is 47.8 Å². The predicted molar refractivity (Wildman–Crippen MR) is 273 cm³/mol. The van der Waals surface area contributed by atoms with Gasteiger partial charge < -0.3 is 40.9 Å². The summed E-state index contributed by atoms with van der Waals surface area (Å²) in [7, 11) is 0. The van der Waals surface area contributed by atoms with Crippen molar-refractivity contribution >= 4 is 47.8 Å². The molecule has 0 aliphatic heterocycles. The van der Waals surface area contributed by atoms with Gasteiger partial charge in [0.1, 0.15) is 0 Å². The highest BCUT2D eigenvalue weighted by molar-refractivity contribution is 5.68. The van der Waals surface area contributed by atoms with Crippen LogP contribution in [0.4, 0.5) is 0 Å². The number of rotatable bonds is 50. The molecule has 0 spiro atoms. The minimum Gasteiger partial charge on any atom is -0.481 e. The van der Waals surface area contributed by atoms with Crippen molar-refractivity contribution in [2.75, 3.05) is 0 Å². The quantitative estimate of drug-likeness (QED) is 0.0263. The second kappa shape index (κ2) is 60.9. The number of carboxylic acid groups (broad SMARTS) is 8. The van der Waals surface area contributed by atoms with Crippen molar-refractivity contribution in [3.05, 3.63) is 0 Å². The van der Waals surface area contributed by atoms with Gasteiger partial charge in [0, 0.05) is 51.4 Å². The molecule has 16 nitrogen and oxygen atoms in total. The number of hydrogen-bond donors (Lipinski definition) is 8. The largest absolute Gasteiger partial charge is 0.481 e. The zero-order chi connectivity index (χ0) is 53.1. The Kier molecular flexibility index (Phi) is 62.9. The van der Waals surface area contributed by atoms with Crippen molar-refractivity contribution in [3.63, 3.8) is 0 Å². The van der Waals surface area contributed by atoms with E-state index in [9.17, 15) is 38.4 Å². The number of aliphatic carboxylic acids is 8. The SMILES string of the molecule is O=C(O)CCCCCCCCCCCC(=O)O.O=C(O)CCCCCCCCCCCC(=O)O.O=C(O)CCCCCCCCCCCCC(=O)O.O=C(O)CCCCCCCCCCCCC(=O)O. The molecule has 0 saturated carbocycles. The van der Waals surface area contributed by atoms with E-state index in [-0.39, 0.29) is 25.7 Å². The van der Waals surface area contributed by atoms with Gasteiger partial charge in [-0.15, -0.1) is 0 Å². The van der Waals surface area contributed by atoms with Gasteiger partial charge in [-0.05, 0) is 51.4 Å². The highest BCUT2D eigenvalue weighted by atomic mass is 16.4. The monoisotopic (exact) mass is 1000 g/mol. The second-order valence-electron chi connectivity index (χ2n) is 18.6. The molecule has 0 aliphatic rings. The van der Waals surface area contributed by atoms with Crippen LogP contribution < -0.4 is 0 Å². The van der Waals surface area contributed by atoms with Crippen molar-refractivity contribution < 1.29 is 79.2 Å². The molecule has 0 amide bonds. The second-order valence-corrected chi connectivity index (χ2v) is 18.6. The summed E-state index contributed by atoms with van der Waals surface area (Å²) >= 11 is 0. The van der Waals surface area contributed by atoms with Gasteiger partial charge in [0.2, 0.25) is 0 Å². The lowest BCUT2D eigenvalue weighted by molar-refractivity contribution is -0.138. The first kappa shape index (κ1) is 72.3. The maximum absolute atomic E-state index is 10.3. The molecule has 0 heterocycles. The Morgan fingerprint density at radius 1 is 0.129 bits per heavy atom. The fourth-order valence-electron chi connectivity index (χ4n) is 7.51. The normalized spacial score (nSPS) is 10.4. The van der Waals surface area contributed by atoms with E-state index >= 15 is 0 Å². The molecule has 0 rings (SSSR count). The van der Waals surface area contributed by atoms with Crippen molar-refractivity contribution in [1.29, 1.82) is 0 Å². The highest BCUT2D eigenvalue weighted by Crippen LogP contribution is 2.15. The fourth-order valence-corrected chi connectivity index (χ4v) is 7.51. The summed E-state index contributed by atoms with van der Waals surface area (Å²) in [5, 5.41) is 67.6. The van der Waals surface area contributed by atoms with Crippen molar-refractivity contribution in [3.8, 4) is 0 Å². The summed E-state index contributed by atoms with van der Waals surface area (Å²) in [4.78, 5) is 82.0. The van der Waals surface area contributed by atoms with Crippen LogP contribution in [0.5, 0.6) is 0 Å². The van der Waals surface area contributed by atoms with Crippen LogP contribution in [0.2, 0.25) is 0 Å². The zero-order valence-electron chi connectivity index (χ0n) is 43.4. The number of unbranched alkanes of at least 4 members (excludes halogenated alkanes) is 34. The predicted octanol–water partition coefficient (Wildman–Crippen LogP) is 14.6. The van der Waals surface area contributed by atoms with Crippen LogP contribution in [0.1, 0.15) is 295 Å². The number of carbonyl (C=O) groups is 8. The average molecular weight is 1010 g/mol. The molecule has 0 bridgehead atoms. The lowest BCUT2D eigenvalue weighted by Gasteiger charge is -2.01. The fraction of sp³-hybridized carbons (Fsp3) is 0.852. The van der Waals surface area contributed by atoms with E-state index in [0.717, 1.165) is 154 Å². The molecule has 8 N–H and O–H groups in total. The summed E-state index contributed by atoms with van der Waals surface area (Å²) in [6.45, 7) is 0. The van der Waals surface area contributed by atoms with Gasteiger partial charge in [-0.1, -0.05) is 193 Å². The molecule has 0 aromatic heterocycles. The Morgan fingerprint density at radius 2 is 0.186 bits per heavy atom. The van der Waals surface area contributed by atoms with Crippen molar-refractivity contribution in [2.45, 2.75) is 295 Å². The minimum atomic E-state index is -0.705. The molecule has 16 heteroatoms. The molecule has 0 atom stereocenters. The topological polar surface area (TPSA) is 298 Å². The van der Waals surface area contributed by atoms with Crippen molar-refractivity contribution in [2.24, 2.45) is 0 Å². The molecule has 0 aromatic carbocycles. The average Bonchev–Trinajstić information content (AvgIpc) is 3.28. The summed E-state index contributed by atoms with van der Waals surface area (Å²) in [6.07, 6.45) is 42.4. The third kappa shape index (κ3) is 86.9. The van der Waals surface area contributed by atoms with Crippen molar-refractivity contribution in [1.82, 2.24) is 0 Å². The minimum absolute atomic E-state index is 0.287. The maximum Gasteiger partial charge on any atom is 0.303 e. The third-order valence-corrected chi connectivity index (χ3v) is 11.6. The molecule has 0 aromatic rings. The van der Waals surface area contributed by atoms with E-state index in [4.69, 9.17) is 40.9 Å². The van der Waals surface area contributed by atoms with Crippen LogP contribution in [-0.2, 0) is 38.4 Å². The lowest BCUT2D eigenvalue weighted by atomic mass is 10.1. The molecule has 0 radical (unpaired) electrons. The first-order valence-corrected chi connectivity index (χ1v) is 27.3. The van der Waals surface area contributed by atoms with Gasteiger partial charge in [0.15, 0.2) is 0 Å². The molecule has 70 heavy (non-hydrogen) atoms. The molecular formula is C54H100O16. The van der Waals surface area contributed by atoms with E-state index in [1.165, 1.54) is 89.9 Å².